The van der Waals surface area contributed by atoms with Gasteiger partial charge in [0.05, 0.1) is 13.6 Å². The molecule has 0 spiro atoms. The third-order valence-corrected chi connectivity index (χ3v) is 5.94. The van der Waals surface area contributed by atoms with E-state index >= 15 is 0 Å². The second kappa shape index (κ2) is 5.10. The highest BCUT2D eigenvalue weighted by molar-refractivity contribution is 6.78. The Labute approximate surface area is 110 Å². The topological polar surface area (TPSA) is 26.3 Å². The third-order valence-electron chi connectivity index (χ3n) is 3.38. The molecule has 0 unspecified atom stereocenters. The summed E-state index contributed by atoms with van der Waals surface area (Å²) in [5, 5.41) is 0. The summed E-state index contributed by atoms with van der Waals surface area (Å²) in [5.74, 6) is -0.201. The van der Waals surface area contributed by atoms with E-state index in [1.54, 1.807) is 12.1 Å². The van der Waals surface area contributed by atoms with Gasteiger partial charge in [-0.2, -0.15) is 0 Å². The van der Waals surface area contributed by atoms with Gasteiger partial charge in [-0.05, 0) is 12.1 Å². The molecule has 0 heterocycles. The van der Waals surface area contributed by atoms with Crippen LogP contribution in [0.4, 0.5) is 0 Å². The maximum atomic E-state index is 12.0. The summed E-state index contributed by atoms with van der Waals surface area (Å²) < 4.78 is 5.67. The van der Waals surface area contributed by atoms with Crippen LogP contribution in [0.15, 0.2) is 42.5 Å². The molecule has 96 valence electrons. The first kappa shape index (κ1) is 13.1. The standard InChI is InChI=1S/C15H20O2Si/c1-18(2,3)14-11-7-10-13(14)17-15(16)12-8-5-4-6-9-12/h4-9,11,13-14H,10H2,1-3H3/t13-,14+/m1/s1. The Balaban J connectivity index is 2.04. The molecule has 0 bridgehead atoms. The third kappa shape index (κ3) is 2.90. The summed E-state index contributed by atoms with van der Waals surface area (Å²) in [6, 6.07) is 9.22. The molecule has 1 aliphatic carbocycles. The number of ether oxygens (including phenoxy) is 1. The van der Waals surface area contributed by atoms with E-state index in [9.17, 15) is 4.79 Å². The molecule has 0 amide bonds. The van der Waals surface area contributed by atoms with Crippen LogP contribution in [0.3, 0.4) is 0 Å². The van der Waals surface area contributed by atoms with Gasteiger partial charge in [-0.1, -0.05) is 50.0 Å². The van der Waals surface area contributed by atoms with Crippen LogP contribution in [0, 0.1) is 0 Å². The van der Waals surface area contributed by atoms with Crippen molar-refractivity contribution in [1.82, 2.24) is 0 Å². The molecular weight excluding hydrogens is 240 g/mol. The van der Waals surface area contributed by atoms with Crippen LogP contribution in [0.25, 0.3) is 0 Å². The van der Waals surface area contributed by atoms with Crippen molar-refractivity contribution in [3.05, 3.63) is 48.0 Å². The van der Waals surface area contributed by atoms with Crippen LogP contribution in [-0.2, 0) is 4.74 Å². The largest absolute Gasteiger partial charge is 0.458 e. The van der Waals surface area contributed by atoms with Crippen molar-refractivity contribution in [1.29, 1.82) is 0 Å². The monoisotopic (exact) mass is 260 g/mol. The Morgan fingerprint density at radius 3 is 2.50 bits per heavy atom. The summed E-state index contributed by atoms with van der Waals surface area (Å²) in [6.45, 7) is 6.95. The summed E-state index contributed by atoms with van der Waals surface area (Å²) >= 11 is 0. The zero-order valence-corrected chi connectivity index (χ0v) is 12.2. The van der Waals surface area contributed by atoms with Crippen LogP contribution in [0.5, 0.6) is 0 Å². The molecule has 0 aromatic heterocycles. The predicted molar refractivity (Wildman–Crippen MR) is 76.5 cm³/mol. The number of hydrogen-bond donors (Lipinski definition) is 0. The van der Waals surface area contributed by atoms with Crippen molar-refractivity contribution in [3.63, 3.8) is 0 Å². The van der Waals surface area contributed by atoms with E-state index in [1.165, 1.54) is 0 Å². The van der Waals surface area contributed by atoms with Gasteiger partial charge in [0, 0.05) is 12.0 Å². The summed E-state index contributed by atoms with van der Waals surface area (Å²) in [5.41, 5.74) is 1.07. The Hall–Kier alpha value is -1.35. The van der Waals surface area contributed by atoms with Crippen LogP contribution >= 0.6 is 0 Å². The van der Waals surface area contributed by atoms with E-state index in [2.05, 4.69) is 31.8 Å². The zero-order valence-electron chi connectivity index (χ0n) is 11.2. The number of rotatable bonds is 3. The molecule has 18 heavy (non-hydrogen) atoms. The van der Waals surface area contributed by atoms with Gasteiger partial charge in [-0.3, -0.25) is 0 Å². The summed E-state index contributed by atoms with van der Waals surface area (Å²) in [4.78, 5) is 12.0. The van der Waals surface area contributed by atoms with E-state index in [-0.39, 0.29) is 12.1 Å². The predicted octanol–water partition coefficient (Wildman–Crippen LogP) is 3.88. The highest BCUT2D eigenvalue weighted by Gasteiger charge is 2.36. The number of carbonyl (C=O) groups excluding carboxylic acids is 1. The highest BCUT2D eigenvalue weighted by Crippen LogP contribution is 2.35. The molecule has 0 saturated carbocycles. The molecule has 3 heteroatoms. The lowest BCUT2D eigenvalue weighted by atomic mass is 10.2. The fourth-order valence-corrected chi connectivity index (χ4v) is 4.41. The second-order valence-corrected chi connectivity index (χ2v) is 11.3. The van der Waals surface area contributed by atoms with Crippen molar-refractivity contribution in [2.24, 2.45) is 0 Å². The van der Waals surface area contributed by atoms with Gasteiger partial charge >= 0.3 is 5.97 Å². The molecule has 0 aliphatic heterocycles. The molecule has 0 N–H and O–H groups in total. The average molecular weight is 260 g/mol. The van der Waals surface area contributed by atoms with Crippen LogP contribution in [-0.4, -0.2) is 20.1 Å². The summed E-state index contributed by atoms with van der Waals surface area (Å²) in [7, 11) is -1.32. The Bertz CT molecular complexity index is 445. The maximum absolute atomic E-state index is 12.0. The molecule has 0 saturated heterocycles. The first-order valence-electron chi connectivity index (χ1n) is 6.41. The van der Waals surface area contributed by atoms with E-state index in [1.807, 2.05) is 18.2 Å². The lowest BCUT2D eigenvalue weighted by molar-refractivity contribution is 0.0327. The Morgan fingerprint density at radius 1 is 1.22 bits per heavy atom. The van der Waals surface area contributed by atoms with E-state index in [4.69, 9.17) is 4.74 Å². The molecule has 2 atom stereocenters. The van der Waals surface area contributed by atoms with Crippen molar-refractivity contribution in [2.45, 2.75) is 37.7 Å². The normalized spacial score (nSPS) is 23.1. The van der Waals surface area contributed by atoms with Crippen molar-refractivity contribution < 1.29 is 9.53 Å². The van der Waals surface area contributed by atoms with Gasteiger partial charge in [0.2, 0.25) is 0 Å². The molecule has 1 aromatic rings. The molecule has 2 rings (SSSR count). The highest BCUT2D eigenvalue weighted by atomic mass is 28.3. The van der Waals surface area contributed by atoms with Crippen LogP contribution in [0.1, 0.15) is 16.8 Å². The first-order valence-corrected chi connectivity index (χ1v) is 9.99. The molecule has 0 radical (unpaired) electrons. The number of benzene rings is 1. The number of esters is 1. The summed E-state index contributed by atoms with van der Waals surface area (Å²) in [6.07, 6.45) is 5.26. The number of hydrogen-bond acceptors (Lipinski definition) is 2. The Kier molecular flexibility index (Phi) is 3.71. The van der Waals surface area contributed by atoms with E-state index in [0.717, 1.165) is 6.42 Å². The lowest BCUT2D eigenvalue weighted by Gasteiger charge is -2.29. The minimum atomic E-state index is -1.32. The fourth-order valence-electron chi connectivity index (χ4n) is 2.38. The van der Waals surface area contributed by atoms with Gasteiger partial charge in [-0.25, -0.2) is 4.79 Å². The zero-order chi connectivity index (χ0) is 13.2. The fraction of sp³-hybridized carbons (Fsp3) is 0.400. The van der Waals surface area contributed by atoms with Crippen molar-refractivity contribution >= 4 is 14.0 Å². The molecule has 0 fully saturated rings. The minimum Gasteiger partial charge on any atom is -0.458 e. The quantitative estimate of drug-likeness (QED) is 0.468. The molecule has 1 aliphatic rings. The lowest BCUT2D eigenvalue weighted by Crippen LogP contribution is -2.35. The van der Waals surface area contributed by atoms with Crippen LogP contribution in [0.2, 0.25) is 25.2 Å². The van der Waals surface area contributed by atoms with E-state index < -0.39 is 8.07 Å². The molecule has 1 aromatic carbocycles. The van der Waals surface area contributed by atoms with Gasteiger partial charge in [0.15, 0.2) is 0 Å². The van der Waals surface area contributed by atoms with Crippen molar-refractivity contribution in [3.8, 4) is 0 Å². The maximum Gasteiger partial charge on any atom is 0.338 e. The van der Waals surface area contributed by atoms with Gasteiger partial charge in [0.25, 0.3) is 0 Å². The van der Waals surface area contributed by atoms with E-state index in [0.29, 0.717) is 11.1 Å². The van der Waals surface area contributed by atoms with Crippen molar-refractivity contribution in [2.75, 3.05) is 0 Å². The smallest absolute Gasteiger partial charge is 0.338 e. The molecule has 2 nitrogen and oxygen atoms in total. The SMILES string of the molecule is C[Si](C)(C)[C@H]1C=CC[C@H]1OC(=O)c1ccccc1. The second-order valence-electron chi connectivity index (χ2n) is 5.87. The van der Waals surface area contributed by atoms with Crippen LogP contribution < -0.4 is 0 Å². The molecular formula is C15H20O2Si. The van der Waals surface area contributed by atoms with Gasteiger partial charge in [0.1, 0.15) is 6.10 Å². The van der Waals surface area contributed by atoms with Gasteiger partial charge in [-0.15, -0.1) is 0 Å². The minimum absolute atomic E-state index is 0.0318. The van der Waals surface area contributed by atoms with Gasteiger partial charge < -0.3 is 4.74 Å². The average Bonchev–Trinajstić information content (AvgIpc) is 2.78. The number of carbonyl (C=O) groups is 1. The Morgan fingerprint density at radius 2 is 1.89 bits per heavy atom. The first-order chi connectivity index (χ1) is 8.48.